The molecule has 0 aromatic carbocycles. The SMILES string of the molecule is NC(=O)c1cn(CCO)c2nc(N)[nH]c(=O)c12. The second kappa shape index (κ2) is 3.91. The van der Waals surface area contributed by atoms with Gasteiger partial charge in [0.05, 0.1) is 17.6 Å². The number of amides is 1. The van der Waals surface area contributed by atoms with Crippen molar-refractivity contribution < 1.29 is 9.90 Å². The summed E-state index contributed by atoms with van der Waals surface area (Å²) < 4.78 is 1.46. The van der Waals surface area contributed by atoms with E-state index >= 15 is 0 Å². The van der Waals surface area contributed by atoms with Gasteiger partial charge in [0.15, 0.2) is 0 Å². The second-order valence-electron chi connectivity index (χ2n) is 3.47. The highest BCUT2D eigenvalue weighted by atomic mass is 16.3. The maximum atomic E-state index is 11.7. The number of nitrogens with two attached hydrogens (primary N) is 2. The summed E-state index contributed by atoms with van der Waals surface area (Å²) in [4.78, 5) is 29.1. The van der Waals surface area contributed by atoms with E-state index in [0.717, 1.165) is 0 Å². The van der Waals surface area contributed by atoms with E-state index in [1.165, 1.54) is 10.8 Å². The molecule has 0 fully saturated rings. The maximum Gasteiger partial charge on any atom is 0.262 e. The van der Waals surface area contributed by atoms with Crippen LogP contribution in [0.1, 0.15) is 10.4 Å². The number of aromatic nitrogens is 3. The van der Waals surface area contributed by atoms with Gasteiger partial charge in [-0.1, -0.05) is 0 Å². The van der Waals surface area contributed by atoms with E-state index in [1.54, 1.807) is 0 Å². The lowest BCUT2D eigenvalue weighted by molar-refractivity contribution is 0.100. The van der Waals surface area contributed by atoms with Gasteiger partial charge >= 0.3 is 0 Å². The van der Waals surface area contributed by atoms with Gasteiger partial charge in [0.2, 0.25) is 5.95 Å². The quantitative estimate of drug-likeness (QED) is 0.508. The molecular weight excluding hydrogens is 226 g/mol. The largest absolute Gasteiger partial charge is 0.395 e. The Bertz CT molecular complexity index is 642. The Kier molecular flexibility index (Phi) is 2.56. The number of aliphatic hydroxyl groups is 1. The van der Waals surface area contributed by atoms with Crippen molar-refractivity contribution in [2.45, 2.75) is 6.54 Å². The van der Waals surface area contributed by atoms with Crippen LogP contribution in [-0.4, -0.2) is 32.2 Å². The average molecular weight is 237 g/mol. The number of hydrogen-bond acceptors (Lipinski definition) is 5. The lowest BCUT2D eigenvalue weighted by Crippen LogP contribution is -2.16. The fourth-order valence-corrected chi connectivity index (χ4v) is 1.68. The molecule has 2 rings (SSSR count). The van der Waals surface area contributed by atoms with Gasteiger partial charge in [-0.15, -0.1) is 0 Å². The van der Waals surface area contributed by atoms with Crippen molar-refractivity contribution in [3.05, 3.63) is 22.1 Å². The molecule has 0 aliphatic heterocycles. The Hall–Kier alpha value is -2.35. The summed E-state index contributed by atoms with van der Waals surface area (Å²) in [7, 11) is 0. The first kappa shape index (κ1) is 11.1. The number of aliphatic hydroxyl groups excluding tert-OH is 1. The number of nitrogen functional groups attached to an aromatic ring is 1. The van der Waals surface area contributed by atoms with Crippen molar-refractivity contribution >= 4 is 22.9 Å². The number of nitrogens with one attached hydrogen (secondary N) is 1. The fourth-order valence-electron chi connectivity index (χ4n) is 1.68. The molecule has 17 heavy (non-hydrogen) atoms. The summed E-state index contributed by atoms with van der Waals surface area (Å²) in [5, 5.41) is 8.97. The van der Waals surface area contributed by atoms with Crippen molar-refractivity contribution in [3.8, 4) is 0 Å². The van der Waals surface area contributed by atoms with Crippen LogP contribution in [0.4, 0.5) is 5.95 Å². The summed E-state index contributed by atoms with van der Waals surface area (Å²) >= 11 is 0. The Morgan fingerprint density at radius 3 is 2.88 bits per heavy atom. The molecule has 0 spiro atoms. The first-order valence-corrected chi connectivity index (χ1v) is 4.84. The van der Waals surface area contributed by atoms with Crippen LogP contribution in [0.25, 0.3) is 11.0 Å². The van der Waals surface area contributed by atoms with Gasteiger partial charge in [-0.25, -0.2) is 0 Å². The summed E-state index contributed by atoms with van der Waals surface area (Å²) in [6.07, 6.45) is 1.38. The highest BCUT2D eigenvalue weighted by molar-refractivity contribution is 6.05. The van der Waals surface area contributed by atoms with Crippen molar-refractivity contribution in [1.82, 2.24) is 14.5 Å². The molecule has 2 aromatic heterocycles. The van der Waals surface area contributed by atoms with E-state index in [2.05, 4.69) is 9.97 Å². The van der Waals surface area contributed by atoms with Crippen molar-refractivity contribution in [2.24, 2.45) is 5.73 Å². The molecule has 0 aliphatic carbocycles. The summed E-state index contributed by atoms with van der Waals surface area (Å²) in [6, 6.07) is 0. The van der Waals surface area contributed by atoms with Crippen LogP contribution in [0.15, 0.2) is 11.0 Å². The molecule has 0 bridgehead atoms. The number of H-pyrrole nitrogens is 1. The Morgan fingerprint density at radius 1 is 1.59 bits per heavy atom. The molecule has 8 heteroatoms. The minimum Gasteiger partial charge on any atom is -0.395 e. The third-order valence-electron chi connectivity index (χ3n) is 2.35. The zero-order valence-corrected chi connectivity index (χ0v) is 8.80. The number of rotatable bonds is 3. The van der Waals surface area contributed by atoms with Crippen molar-refractivity contribution in [2.75, 3.05) is 12.3 Å². The van der Waals surface area contributed by atoms with Gasteiger partial charge in [0, 0.05) is 12.7 Å². The van der Waals surface area contributed by atoms with Crippen LogP contribution < -0.4 is 17.0 Å². The monoisotopic (exact) mass is 237 g/mol. The van der Waals surface area contributed by atoms with Crippen LogP contribution >= 0.6 is 0 Å². The van der Waals surface area contributed by atoms with Crippen molar-refractivity contribution in [1.29, 1.82) is 0 Å². The molecule has 0 saturated heterocycles. The first-order chi connectivity index (χ1) is 8.04. The minimum atomic E-state index is -0.733. The molecule has 0 saturated carbocycles. The van der Waals surface area contributed by atoms with Gasteiger partial charge in [-0.2, -0.15) is 4.98 Å². The lowest BCUT2D eigenvalue weighted by atomic mass is 10.2. The summed E-state index contributed by atoms with van der Waals surface area (Å²) in [6.45, 7) is 0.0377. The Morgan fingerprint density at radius 2 is 2.29 bits per heavy atom. The molecular formula is C9H11N5O3. The van der Waals surface area contributed by atoms with E-state index in [-0.39, 0.29) is 35.7 Å². The molecule has 0 aliphatic rings. The molecule has 0 atom stereocenters. The fraction of sp³-hybridized carbons (Fsp3) is 0.222. The predicted octanol–water partition coefficient (Wildman–Crippen LogP) is -1.60. The minimum absolute atomic E-state index is 0.0576. The number of hydrogen-bond donors (Lipinski definition) is 4. The Balaban J connectivity index is 2.86. The van der Waals surface area contributed by atoms with Crippen LogP contribution in [0.3, 0.4) is 0 Å². The molecule has 2 heterocycles. The average Bonchev–Trinajstić information content (AvgIpc) is 2.58. The molecule has 0 unspecified atom stereocenters. The standard InChI is InChI=1S/C9H11N5O3/c10-6(16)4-3-14(1-2-15)7-5(4)8(17)13-9(11)12-7/h3,15H,1-2H2,(H2,10,16)(H3,11,12,13,17). The number of aromatic amines is 1. The third kappa shape index (κ3) is 1.74. The number of nitrogens with zero attached hydrogens (tertiary/aromatic N) is 2. The molecule has 2 aromatic rings. The van der Waals surface area contributed by atoms with Crippen LogP contribution in [0, 0.1) is 0 Å². The number of anilines is 1. The van der Waals surface area contributed by atoms with Crippen LogP contribution in [0.5, 0.6) is 0 Å². The van der Waals surface area contributed by atoms with Crippen LogP contribution in [0.2, 0.25) is 0 Å². The highest BCUT2D eigenvalue weighted by Gasteiger charge is 2.17. The smallest absolute Gasteiger partial charge is 0.262 e. The normalized spacial score (nSPS) is 10.9. The summed E-state index contributed by atoms with van der Waals surface area (Å²) in [5.74, 6) is -0.792. The van der Waals surface area contributed by atoms with Gasteiger partial charge in [0.1, 0.15) is 5.65 Å². The number of primary amides is 1. The van der Waals surface area contributed by atoms with Gasteiger partial charge < -0.3 is 21.1 Å². The number of fused-ring (bicyclic) bond motifs is 1. The van der Waals surface area contributed by atoms with Gasteiger partial charge in [-0.3, -0.25) is 14.6 Å². The zero-order valence-electron chi connectivity index (χ0n) is 8.80. The van der Waals surface area contributed by atoms with E-state index in [9.17, 15) is 9.59 Å². The summed E-state index contributed by atoms with van der Waals surface area (Å²) in [5.41, 5.74) is 10.3. The van der Waals surface area contributed by atoms with E-state index < -0.39 is 11.5 Å². The number of carbonyl (C=O) groups is 1. The van der Waals surface area contributed by atoms with E-state index in [1.807, 2.05) is 0 Å². The van der Waals surface area contributed by atoms with Gasteiger partial charge in [0.25, 0.3) is 11.5 Å². The van der Waals surface area contributed by atoms with E-state index in [4.69, 9.17) is 16.6 Å². The first-order valence-electron chi connectivity index (χ1n) is 4.84. The Labute approximate surface area is 94.9 Å². The molecule has 6 N–H and O–H groups in total. The molecule has 90 valence electrons. The molecule has 8 nitrogen and oxygen atoms in total. The van der Waals surface area contributed by atoms with Crippen LogP contribution in [-0.2, 0) is 6.54 Å². The maximum absolute atomic E-state index is 11.7. The van der Waals surface area contributed by atoms with Crippen molar-refractivity contribution in [3.63, 3.8) is 0 Å². The predicted molar refractivity (Wildman–Crippen MR) is 60.4 cm³/mol. The van der Waals surface area contributed by atoms with E-state index in [0.29, 0.717) is 0 Å². The second-order valence-corrected chi connectivity index (χ2v) is 3.47. The van der Waals surface area contributed by atoms with Gasteiger partial charge in [-0.05, 0) is 0 Å². The molecule has 1 amide bonds. The third-order valence-corrected chi connectivity index (χ3v) is 2.35. The lowest BCUT2D eigenvalue weighted by Gasteiger charge is -2.00. The number of carbonyl (C=O) groups excluding carboxylic acids is 1. The molecule has 0 radical (unpaired) electrons. The highest BCUT2D eigenvalue weighted by Crippen LogP contribution is 2.15. The zero-order chi connectivity index (χ0) is 12.6. The topological polar surface area (TPSA) is 140 Å².